The van der Waals surface area contributed by atoms with Gasteiger partial charge in [0.05, 0.1) is 12.4 Å². The molecule has 2 heterocycles. The maximum Gasteiger partial charge on any atom is 0.221 e. The molecule has 0 spiro atoms. The number of aromatic amines is 1. The lowest BCUT2D eigenvalue weighted by molar-refractivity contribution is -0.114. The number of rotatable bonds is 6. The van der Waals surface area contributed by atoms with E-state index in [1.807, 2.05) is 19.1 Å². The molecule has 10 heteroatoms. The molecule has 37 heavy (non-hydrogen) atoms. The number of amides is 1. The van der Waals surface area contributed by atoms with Gasteiger partial charge >= 0.3 is 0 Å². The number of hydrogen-bond donors (Lipinski definition) is 3. The molecule has 1 unspecified atom stereocenters. The molecular formula is C27H21ClF2N6O. The summed E-state index contributed by atoms with van der Waals surface area (Å²) in [7, 11) is 0. The summed E-state index contributed by atoms with van der Waals surface area (Å²) in [6.45, 7) is 3.33. The van der Waals surface area contributed by atoms with Gasteiger partial charge in [0.25, 0.3) is 0 Å². The Hall–Kier alpha value is -4.37. The lowest BCUT2D eigenvalue weighted by Crippen LogP contribution is -2.11. The first-order valence-corrected chi connectivity index (χ1v) is 11.7. The largest absolute Gasteiger partial charge is 0.362 e. The molecule has 5 aromatic rings. The number of anilines is 2. The Morgan fingerprint density at radius 2 is 1.70 bits per heavy atom. The topological polar surface area (TPSA) is 95.6 Å². The van der Waals surface area contributed by atoms with Crippen molar-refractivity contribution < 1.29 is 13.6 Å². The smallest absolute Gasteiger partial charge is 0.221 e. The van der Waals surface area contributed by atoms with Crippen molar-refractivity contribution in [2.24, 2.45) is 0 Å². The summed E-state index contributed by atoms with van der Waals surface area (Å²) in [5.41, 5.74) is 4.83. The highest BCUT2D eigenvalue weighted by molar-refractivity contribution is 6.31. The summed E-state index contributed by atoms with van der Waals surface area (Å²) in [6.07, 6.45) is 2.93. The van der Waals surface area contributed by atoms with Crippen LogP contribution >= 0.6 is 11.6 Å². The number of carbonyl (C=O) groups is 1. The predicted molar refractivity (Wildman–Crippen MR) is 140 cm³/mol. The van der Waals surface area contributed by atoms with Crippen LogP contribution in [-0.4, -0.2) is 25.8 Å². The minimum Gasteiger partial charge on any atom is -0.362 e. The normalized spacial score (nSPS) is 11.9. The maximum atomic E-state index is 14.4. The van der Waals surface area contributed by atoms with Gasteiger partial charge in [0.15, 0.2) is 11.5 Å². The quantitative estimate of drug-likeness (QED) is 0.231. The summed E-state index contributed by atoms with van der Waals surface area (Å²) < 4.78 is 28.7. The Balaban J connectivity index is 1.67. The molecule has 0 aliphatic rings. The van der Waals surface area contributed by atoms with Crippen LogP contribution in [0.1, 0.15) is 25.5 Å². The number of nitrogens with zero attached hydrogens (tertiary/aromatic N) is 3. The van der Waals surface area contributed by atoms with Gasteiger partial charge in [-0.1, -0.05) is 23.7 Å². The SMILES string of the molecule is CC(=O)Nc1ccc(-c2cc(Cl)cc(C(C)Nc3ncnc4nc[nH]c34)c2-c2cc(F)cc(F)c2)cc1. The van der Waals surface area contributed by atoms with Gasteiger partial charge in [-0.3, -0.25) is 4.79 Å². The molecule has 7 nitrogen and oxygen atoms in total. The molecule has 3 aromatic carbocycles. The molecule has 0 fully saturated rings. The van der Waals surface area contributed by atoms with Crippen LogP contribution in [0.3, 0.4) is 0 Å². The van der Waals surface area contributed by atoms with Crippen LogP contribution in [0.25, 0.3) is 33.4 Å². The molecule has 0 aliphatic heterocycles. The molecule has 0 saturated heterocycles. The van der Waals surface area contributed by atoms with Gasteiger partial charge in [-0.25, -0.2) is 23.7 Å². The van der Waals surface area contributed by atoms with Crippen molar-refractivity contribution in [1.29, 1.82) is 0 Å². The first kappa shape index (κ1) is 24.3. The van der Waals surface area contributed by atoms with E-state index in [0.717, 1.165) is 11.6 Å². The Morgan fingerprint density at radius 1 is 0.973 bits per heavy atom. The number of fused-ring (bicyclic) bond motifs is 1. The molecule has 186 valence electrons. The van der Waals surface area contributed by atoms with Crippen LogP contribution in [-0.2, 0) is 4.79 Å². The highest BCUT2D eigenvalue weighted by Gasteiger charge is 2.21. The average molecular weight is 519 g/mol. The highest BCUT2D eigenvalue weighted by atomic mass is 35.5. The lowest BCUT2D eigenvalue weighted by Gasteiger charge is -2.23. The minimum atomic E-state index is -0.696. The summed E-state index contributed by atoms with van der Waals surface area (Å²) in [4.78, 5) is 27.1. The monoisotopic (exact) mass is 518 g/mol. The van der Waals surface area contributed by atoms with Crippen molar-refractivity contribution in [1.82, 2.24) is 19.9 Å². The Morgan fingerprint density at radius 3 is 2.41 bits per heavy atom. The van der Waals surface area contributed by atoms with E-state index in [-0.39, 0.29) is 11.9 Å². The molecular weight excluding hydrogens is 498 g/mol. The second-order valence-corrected chi connectivity index (χ2v) is 8.96. The van der Waals surface area contributed by atoms with Gasteiger partial charge in [0, 0.05) is 23.7 Å². The zero-order chi connectivity index (χ0) is 26.1. The van der Waals surface area contributed by atoms with E-state index in [1.165, 1.54) is 31.7 Å². The van der Waals surface area contributed by atoms with E-state index in [9.17, 15) is 13.6 Å². The number of hydrogen-bond acceptors (Lipinski definition) is 5. The number of halogens is 3. The summed E-state index contributed by atoms with van der Waals surface area (Å²) in [5, 5.41) is 6.52. The first-order valence-electron chi connectivity index (χ1n) is 11.4. The van der Waals surface area contributed by atoms with E-state index in [1.54, 1.807) is 24.3 Å². The van der Waals surface area contributed by atoms with Crippen LogP contribution in [0.15, 0.2) is 67.3 Å². The van der Waals surface area contributed by atoms with Crippen molar-refractivity contribution in [3.63, 3.8) is 0 Å². The molecule has 5 rings (SSSR count). The fourth-order valence-electron chi connectivity index (χ4n) is 4.31. The van der Waals surface area contributed by atoms with Crippen molar-refractivity contribution in [3.05, 3.63) is 89.5 Å². The van der Waals surface area contributed by atoms with Gasteiger partial charge in [-0.2, -0.15) is 0 Å². The van der Waals surface area contributed by atoms with E-state index in [4.69, 9.17) is 11.6 Å². The Bertz CT molecular complexity index is 1600. The van der Waals surface area contributed by atoms with Crippen LogP contribution in [0.4, 0.5) is 20.3 Å². The van der Waals surface area contributed by atoms with Gasteiger partial charge in [-0.15, -0.1) is 0 Å². The number of carbonyl (C=O) groups excluding carboxylic acids is 1. The van der Waals surface area contributed by atoms with E-state index >= 15 is 0 Å². The van der Waals surface area contributed by atoms with Crippen LogP contribution < -0.4 is 10.6 Å². The molecule has 3 N–H and O–H groups in total. The molecule has 1 amide bonds. The van der Waals surface area contributed by atoms with Crippen LogP contribution in [0.5, 0.6) is 0 Å². The number of H-pyrrole nitrogens is 1. The Kier molecular flexibility index (Phi) is 6.54. The second kappa shape index (κ2) is 9.94. The van der Waals surface area contributed by atoms with Crippen LogP contribution in [0, 0.1) is 11.6 Å². The summed E-state index contributed by atoms with van der Waals surface area (Å²) in [5.74, 6) is -1.06. The van der Waals surface area contributed by atoms with Crippen LogP contribution in [0.2, 0.25) is 5.02 Å². The first-order chi connectivity index (χ1) is 17.8. The minimum absolute atomic E-state index is 0.190. The molecule has 0 bridgehead atoms. The van der Waals surface area contributed by atoms with Crippen molar-refractivity contribution in [3.8, 4) is 22.3 Å². The third-order valence-corrected chi connectivity index (χ3v) is 6.06. The third-order valence-electron chi connectivity index (χ3n) is 5.84. The number of nitrogens with one attached hydrogen (secondary N) is 3. The maximum absolute atomic E-state index is 14.4. The van der Waals surface area contributed by atoms with Gasteiger partial charge in [-0.05, 0) is 71.1 Å². The van der Waals surface area contributed by atoms with Crippen molar-refractivity contribution in [2.75, 3.05) is 10.6 Å². The fourth-order valence-corrected chi connectivity index (χ4v) is 4.54. The van der Waals surface area contributed by atoms with Crippen molar-refractivity contribution in [2.45, 2.75) is 19.9 Å². The highest BCUT2D eigenvalue weighted by Crippen LogP contribution is 2.41. The molecule has 0 saturated carbocycles. The van der Waals surface area contributed by atoms with Gasteiger partial charge in [0.1, 0.15) is 23.5 Å². The zero-order valence-electron chi connectivity index (χ0n) is 19.8. The van der Waals surface area contributed by atoms with E-state index in [0.29, 0.717) is 49.9 Å². The zero-order valence-corrected chi connectivity index (χ0v) is 20.6. The van der Waals surface area contributed by atoms with Gasteiger partial charge < -0.3 is 15.6 Å². The molecule has 1 atom stereocenters. The Labute approximate surface area is 216 Å². The number of imidazole rings is 1. The number of benzene rings is 3. The third kappa shape index (κ3) is 5.12. The second-order valence-electron chi connectivity index (χ2n) is 8.52. The molecule has 2 aromatic heterocycles. The lowest BCUT2D eigenvalue weighted by atomic mass is 9.87. The number of aromatic nitrogens is 4. The van der Waals surface area contributed by atoms with E-state index < -0.39 is 11.6 Å². The van der Waals surface area contributed by atoms with Crippen molar-refractivity contribution >= 4 is 40.2 Å². The summed E-state index contributed by atoms with van der Waals surface area (Å²) >= 11 is 6.57. The average Bonchev–Trinajstić information content (AvgIpc) is 3.33. The summed E-state index contributed by atoms with van der Waals surface area (Å²) in [6, 6.07) is 13.7. The fraction of sp³-hybridized carbons (Fsp3) is 0.111. The van der Waals surface area contributed by atoms with Gasteiger partial charge in [0.2, 0.25) is 5.91 Å². The van der Waals surface area contributed by atoms with E-state index in [2.05, 4.69) is 30.6 Å². The predicted octanol–water partition coefficient (Wildman–Crippen LogP) is 6.75. The standard InChI is InChI=1S/C27H21ClF2N6O/c1-14(35-27-25-26(32-12-31-25)33-13-34-27)22-9-18(28)10-23(16-3-5-21(6-4-16)36-15(2)37)24(22)17-7-19(29)11-20(30)8-17/h3-14H,1-2H3,(H,36,37)(H2,31,32,33,34,35). The molecule has 0 radical (unpaired) electrons. The molecule has 0 aliphatic carbocycles.